The van der Waals surface area contributed by atoms with Crippen molar-refractivity contribution in [2.75, 3.05) is 0 Å². The molecule has 22 heavy (non-hydrogen) atoms. The second-order valence-corrected chi connectivity index (χ2v) is 5.18. The molecule has 0 saturated carbocycles. The van der Waals surface area contributed by atoms with E-state index in [-0.39, 0.29) is 11.6 Å². The zero-order valence-corrected chi connectivity index (χ0v) is 11.8. The number of rotatable bonds is 2. The summed E-state index contributed by atoms with van der Waals surface area (Å²) in [7, 11) is 0. The van der Waals surface area contributed by atoms with Gasteiger partial charge in [-0.2, -0.15) is 0 Å². The average Bonchev–Trinajstić information content (AvgIpc) is 2.58. The zero-order chi connectivity index (χ0) is 14.9. The van der Waals surface area contributed by atoms with Crippen LogP contribution in [-0.4, -0.2) is 0 Å². The Balaban J connectivity index is 1.84. The van der Waals surface area contributed by atoms with E-state index >= 15 is 0 Å². The van der Waals surface area contributed by atoms with Gasteiger partial charge >= 0.3 is 0 Å². The second kappa shape index (κ2) is 5.15. The van der Waals surface area contributed by atoms with Gasteiger partial charge in [0.05, 0.1) is 0 Å². The molecule has 0 aliphatic rings. The summed E-state index contributed by atoms with van der Waals surface area (Å²) in [4.78, 5) is 0. The van der Waals surface area contributed by atoms with Gasteiger partial charge in [-0.25, -0.2) is 4.39 Å². The lowest BCUT2D eigenvalue weighted by Gasteiger charge is -2.11. The van der Waals surface area contributed by atoms with E-state index < -0.39 is 0 Å². The van der Waals surface area contributed by atoms with Crippen LogP contribution in [0.1, 0.15) is 0 Å². The summed E-state index contributed by atoms with van der Waals surface area (Å²) in [5.74, 6) is 0.577. The van der Waals surface area contributed by atoms with Gasteiger partial charge in [0.15, 0.2) is 11.6 Å². The molecule has 2 heteroatoms. The van der Waals surface area contributed by atoms with E-state index in [0.29, 0.717) is 11.1 Å². The maximum Gasteiger partial charge on any atom is 0.173 e. The Morgan fingerprint density at radius 3 is 2.00 bits per heavy atom. The third-order valence-corrected chi connectivity index (χ3v) is 3.80. The minimum Gasteiger partial charge on any atom is -0.454 e. The SMILES string of the molecule is Fc1c(Oc2cccc3ccccc23)ccc2ccccc12. The van der Waals surface area contributed by atoms with Crippen molar-refractivity contribution in [3.8, 4) is 11.5 Å². The topological polar surface area (TPSA) is 9.23 Å². The van der Waals surface area contributed by atoms with Crippen LogP contribution in [0.4, 0.5) is 4.39 Å². The van der Waals surface area contributed by atoms with Crippen LogP contribution in [-0.2, 0) is 0 Å². The van der Waals surface area contributed by atoms with Gasteiger partial charge in [0.2, 0.25) is 0 Å². The lowest BCUT2D eigenvalue weighted by molar-refractivity contribution is 0.450. The van der Waals surface area contributed by atoms with Crippen LogP contribution < -0.4 is 4.74 Å². The Bertz CT molecular complexity index is 970. The van der Waals surface area contributed by atoms with Crippen molar-refractivity contribution in [1.29, 1.82) is 0 Å². The fourth-order valence-corrected chi connectivity index (χ4v) is 2.70. The van der Waals surface area contributed by atoms with Crippen molar-refractivity contribution < 1.29 is 9.13 Å². The van der Waals surface area contributed by atoms with Crippen LogP contribution in [0.3, 0.4) is 0 Å². The fourth-order valence-electron chi connectivity index (χ4n) is 2.70. The molecule has 0 atom stereocenters. The summed E-state index contributed by atoms with van der Waals surface area (Å²) in [6.07, 6.45) is 0. The van der Waals surface area contributed by atoms with Crippen LogP contribution in [0.25, 0.3) is 21.5 Å². The summed E-state index contributed by atoms with van der Waals surface area (Å²) < 4.78 is 20.5. The quantitative estimate of drug-likeness (QED) is 0.444. The minimum absolute atomic E-state index is 0.245. The highest BCUT2D eigenvalue weighted by Crippen LogP contribution is 2.33. The van der Waals surface area contributed by atoms with Gasteiger partial charge < -0.3 is 4.74 Å². The molecule has 0 spiro atoms. The van der Waals surface area contributed by atoms with Gasteiger partial charge in [0, 0.05) is 10.8 Å². The van der Waals surface area contributed by atoms with Crippen LogP contribution in [0, 0.1) is 5.82 Å². The van der Waals surface area contributed by atoms with Crippen molar-refractivity contribution >= 4 is 21.5 Å². The maximum absolute atomic E-state index is 14.6. The molecule has 4 rings (SSSR count). The predicted octanol–water partition coefficient (Wildman–Crippen LogP) is 5.92. The van der Waals surface area contributed by atoms with Crippen molar-refractivity contribution in [3.05, 3.63) is 84.7 Å². The lowest BCUT2D eigenvalue weighted by Crippen LogP contribution is -1.90. The van der Waals surface area contributed by atoms with Gasteiger partial charge in [0.1, 0.15) is 5.75 Å². The smallest absolute Gasteiger partial charge is 0.173 e. The summed E-state index contributed by atoms with van der Waals surface area (Å²) in [6.45, 7) is 0. The third-order valence-electron chi connectivity index (χ3n) is 3.80. The summed E-state index contributed by atoms with van der Waals surface area (Å²) in [5.41, 5.74) is 0. The van der Waals surface area contributed by atoms with Crippen LogP contribution in [0.5, 0.6) is 11.5 Å². The highest BCUT2D eigenvalue weighted by atomic mass is 19.1. The van der Waals surface area contributed by atoms with E-state index in [1.54, 1.807) is 12.1 Å². The van der Waals surface area contributed by atoms with E-state index in [0.717, 1.165) is 16.2 Å². The Morgan fingerprint density at radius 1 is 0.545 bits per heavy atom. The third kappa shape index (κ3) is 2.09. The average molecular weight is 288 g/mol. The molecule has 106 valence electrons. The first-order valence-electron chi connectivity index (χ1n) is 7.16. The van der Waals surface area contributed by atoms with Gasteiger partial charge in [-0.1, -0.05) is 66.7 Å². The van der Waals surface area contributed by atoms with Gasteiger partial charge in [-0.15, -0.1) is 0 Å². The molecule has 0 amide bonds. The molecule has 1 nitrogen and oxygen atoms in total. The largest absolute Gasteiger partial charge is 0.454 e. The van der Waals surface area contributed by atoms with E-state index in [9.17, 15) is 4.39 Å². The molecule has 4 aromatic carbocycles. The molecular weight excluding hydrogens is 275 g/mol. The molecule has 0 fully saturated rings. The minimum atomic E-state index is -0.328. The highest BCUT2D eigenvalue weighted by molar-refractivity contribution is 5.89. The number of benzene rings is 4. The lowest BCUT2D eigenvalue weighted by atomic mass is 10.1. The second-order valence-electron chi connectivity index (χ2n) is 5.18. The summed E-state index contributed by atoms with van der Waals surface area (Å²) in [6, 6.07) is 24.6. The fraction of sp³-hybridized carbons (Fsp3) is 0. The van der Waals surface area contributed by atoms with Crippen LogP contribution in [0.15, 0.2) is 78.9 Å². The Kier molecular flexibility index (Phi) is 3.01. The van der Waals surface area contributed by atoms with Crippen molar-refractivity contribution in [1.82, 2.24) is 0 Å². The number of ether oxygens (including phenoxy) is 1. The number of fused-ring (bicyclic) bond motifs is 2. The van der Waals surface area contributed by atoms with Crippen LogP contribution >= 0.6 is 0 Å². The Hall–Kier alpha value is -2.87. The van der Waals surface area contributed by atoms with E-state index in [4.69, 9.17) is 4.74 Å². The first-order valence-corrected chi connectivity index (χ1v) is 7.16. The first-order chi connectivity index (χ1) is 10.8. The normalized spacial score (nSPS) is 11.0. The molecule has 4 aromatic rings. The number of halogens is 1. The molecule has 0 aliphatic heterocycles. The maximum atomic E-state index is 14.6. The Labute approximate surface area is 127 Å². The molecular formula is C20H13FO. The van der Waals surface area contributed by atoms with Gasteiger partial charge in [0.25, 0.3) is 0 Å². The monoisotopic (exact) mass is 288 g/mol. The van der Waals surface area contributed by atoms with E-state index in [1.165, 1.54) is 0 Å². The predicted molar refractivity (Wildman–Crippen MR) is 87.9 cm³/mol. The molecule has 0 saturated heterocycles. The summed E-state index contributed by atoms with van der Waals surface area (Å²) in [5, 5.41) is 3.48. The number of hydrogen-bond acceptors (Lipinski definition) is 1. The Morgan fingerprint density at radius 2 is 1.18 bits per heavy atom. The van der Waals surface area contributed by atoms with Crippen LogP contribution in [0.2, 0.25) is 0 Å². The van der Waals surface area contributed by atoms with Crippen molar-refractivity contribution in [3.63, 3.8) is 0 Å². The van der Waals surface area contributed by atoms with E-state index in [1.807, 2.05) is 66.7 Å². The molecule has 0 heterocycles. The molecule has 0 N–H and O–H groups in total. The molecule has 0 unspecified atom stereocenters. The van der Waals surface area contributed by atoms with Gasteiger partial charge in [-0.05, 0) is 22.9 Å². The van der Waals surface area contributed by atoms with Crippen molar-refractivity contribution in [2.24, 2.45) is 0 Å². The highest BCUT2D eigenvalue weighted by Gasteiger charge is 2.10. The first kappa shape index (κ1) is 12.8. The van der Waals surface area contributed by atoms with Gasteiger partial charge in [-0.3, -0.25) is 0 Å². The molecule has 0 aromatic heterocycles. The number of hydrogen-bond donors (Lipinski definition) is 0. The zero-order valence-electron chi connectivity index (χ0n) is 11.8. The molecule has 0 bridgehead atoms. The molecule has 0 aliphatic carbocycles. The standard InChI is InChI=1S/C20H13FO/c21-20-17-10-4-2-7-15(17)12-13-19(20)22-18-11-5-8-14-6-1-3-9-16(14)18/h1-13H. The van der Waals surface area contributed by atoms with Crippen molar-refractivity contribution in [2.45, 2.75) is 0 Å². The summed E-state index contributed by atoms with van der Waals surface area (Å²) >= 11 is 0. The molecule has 0 radical (unpaired) electrons. The van der Waals surface area contributed by atoms with E-state index in [2.05, 4.69) is 0 Å².